The predicted molar refractivity (Wildman–Crippen MR) is 120 cm³/mol. The van der Waals surface area contributed by atoms with Crippen molar-refractivity contribution in [3.63, 3.8) is 0 Å². The highest BCUT2D eigenvalue weighted by molar-refractivity contribution is 6.31. The first-order chi connectivity index (χ1) is 15.5. The molecule has 1 aromatic heterocycles. The molecule has 3 aromatic rings. The van der Waals surface area contributed by atoms with Crippen LogP contribution in [0.25, 0.3) is 11.4 Å². The van der Waals surface area contributed by atoms with Crippen molar-refractivity contribution in [1.29, 1.82) is 0 Å². The molecule has 1 N–H and O–H groups in total. The van der Waals surface area contributed by atoms with Crippen LogP contribution in [0.4, 0.5) is 0 Å². The zero-order valence-electron chi connectivity index (χ0n) is 17.1. The Morgan fingerprint density at radius 2 is 1.75 bits per heavy atom. The van der Waals surface area contributed by atoms with E-state index in [1.54, 1.807) is 41.3 Å². The second kappa shape index (κ2) is 10.1. The number of carbonyl (C=O) groups excluding carboxylic acids is 2. The van der Waals surface area contributed by atoms with E-state index < -0.39 is 0 Å². The Labute approximate surface area is 195 Å². The maximum Gasteiger partial charge on any atom is 0.251 e. The molecule has 1 saturated heterocycles. The molecule has 166 valence electrons. The van der Waals surface area contributed by atoms with Crippen molar-refractivity contribution in [3.05, 3.63) is 70.0 Å². The normalized spacial score (nSPS) is 14.4. The molecular weight excluding hydrogens is 453 g/mol. The molecule has 2 aromatic carbocycles. The number of rotatable bonds is 6. The van der Waals surface area contributed by atoms with Gasteiger partial charge in [0.15, 0.2) is 0 Å². The van der Waals surface area contributed by atoms with Crippen LogP contribution < -0.4 is 5.32 Å². The van der Waals surface area contributed by atoms with Crippen LogP contribution in [0.1, 0.15) is 16.2 Å². The van der Waals surface area contributed by atoms with Crippen LogP contribution in [-0.4, -0.2) is 64.5 Å². The maximum absolute atomic E-state index is 12.5. The van der Waals surface area contributed by atoms with Crippen molar-refractivity contribution in [2.24, 2.45) is 0 Å². The first-order valence-electron chi connectivity index (χ1n) is 10.1. The van der Waals surface area contributed by atoms with Gasteiger partial charge in [-0.2, -0.15) is 4.98 Å². The summed E-state index contributed by atoms with van der Waals surface area (Å²) in [4.78, 5) is 33.0. The molecule has 1 aliphatic rings. The highest BCUT2D eigenvalue weighted by Gasteiger charge is 2.23. The van der Waals surface area contributed by atoms with Crippen molar-refractivity contribution in [1.82, 2.24) is 25.3 Å². The topological polar surface area (TPSA) is 91.6 Å². The molecule has 10 heteroatoms. The number of aromatic nitrogens is 2. The molecule has 2 amide bonds. The zero-order chi connectivity index (χ0) is 22.5. The average Bonchev–Trinajstić information content (AvgIpc) is 3.26. The van der Waals surface area contributed by atoms with Gasteiger partial charge in [0.25, 0.3) is 5.91 Å². The first kappa shape index (κ1) is 22.3. The van der Waals surface area contributed by atoms with Crippen LogP contribution in [0.2, 0.25) is 10.0 Å². The smallest absolute Gasteiger partial charge is 0.251 e. The van der Waals surface area contributed by atoms with Gasteiger partial charge in [0.05, 0.1) is 13.1 Å². The van der Waals surface area contributed by atoms with Crippen LogP contribution in [0.3, 0.4) is 0 Å². The van der Waals surface area contributed by atoms with Crippen molar-refractivity contribution in [3.8, 4) is 11.4 Å². The fourth-order valence-corrected chi connectivity index (χ4v) is 3.70. The molecule has 2 heterocycles. The Kier molecular flexibility index (Phi) is 7.04. The number of amides is 2. The summed E-state index contributed by atoms with van der Waals surface area (Å²) in [6.07, 6.45) is 0. The van der Waals surface area contributed by atoms with E-state index in [9.17, 15) is 9.59 Å². The minimum atomic E-state index is -0.327. The van der Waals surface area contributed by atoms with Gasteiger partial charge in [0.1, 0.15) is 0 Å². The van der Waals surface area contributed by atoms with E-state index in [1.165, 1.54) is 0 Å². The molecule has 8 nitrogen and oxygen atoms in total. The van der Waals surface area contributed by atoms with Crippen LogP contribution in [0.15, 0.2) is 53.1 Å². The zero-order valence-corrected chi connectivity index (χ0v) is 18.6. The van der Waals surface area contributed by atoms with Gasteiger partial charge in [0, 0.05) is 47.4 Å². The molecule has 1 fully saturated rings. The van der Waals surface area contributed by atoms with E-state index in [1.807, 2.05) is 12.1 Å². The first-order valence-corrected chi connectivity index (χ1v) is 10.9. The minimum Gasteiger partial charge on any atom is -0.343 e. The summed E-state index contributed by atoms with van der Waals surface area (Å²) in [6.45, 7) is 2.92. The summed E-state index contributed by atoms with van der Waals surface area (Å²) >= 11 is 11.8. The monoisotopic (exact) mass is 473 g/mol. The van der Waals surface area contributed by atoms with Gasteiger partial charge in [-0.25, -0.2) is 0 Å². The summed E-state index contributed by atoms with van der Waals surface area (Å²) in [7, 11) is 0. The molecule has 0 bridgehead atoms. The van der Waals surface area contributed by atoms with E-state index in [4.69, 9.17) is 27.7 Å². The number of carbonyl (C=O) groups is 2. The quantitative estimate of drug-likeness (QED) is 0.591. The third kappa shape index (κ3) is 5.64. The largest absolute Gasteiger partial charge is 0.343 e. The fourth-order valence-electron chi connectivity index (χ4n) is 3.38. The lowest BCUT2D eigenvalue weighted by Gasteiger charge is -2.34. The van der Waals surface area contributed by atoms with Gasteiger partial charge in [0.2, 0.25) is 17.6 Å². The number of halogens is 2. The lowest BCUT2D eigenvalue weighted by molar-refractivity contribution is -0.131. The number of hydrogen-bond donors (Lipinski definition) is 1. The number of benzene rings is 2. The van der Waals surface area contributed by atoms with Crippen molar-refractivity contribution < 1.29 is 14.1 Å². The summed E-state index contributed by atoms with van der Waals surface area (Å²) in [5.74, 6) is 0.583. The number of nitrogens with zero attached hydrogens (tertiary/aromatic N) is 4. The Bertz CT molecular complexity index is 1090. The van der Waals surface area contributed by atoms with Gasteiger partial charge >= 0.3 is 0 Å². The summed E-state index contributed by atoms with van der Waals surface area (Å²) < 4.78 is 5.37. The SMILES string of the molecule is O=C(NCC(=O)N1CCN(Cc2nc(-c3ccc(Cl)cc3)no2)CC1)c1cccc(Cl)c1. The highest BCUT2D eigenvalue weighted by Crippen LogP contribution is 2.19. The van der Waals surface area contributed by atoms with E-state index in [0.717, 1.165) is 5.56 Å². The van der Waals surface area contributed by atoms with Crippen LogP contribution in [0.5, 0.6) is 0 Å². The van der Waals surface area contributed by atoms with Crippen molar-refractivity contribution in [2.75, 3.05) is 32.7 Å². The lowest BCUT2D eigenvalue weighted by atomic mass is 10.2. The summed E-state index contributed by atoms with van der Waals surface area (Å²) in [6, 6.07) is 13.8. The Morgan fingerprint density at radius 1 is 1.00 bits per heavy atom. The minimum absolute atomic E-state index is 0.0561. The molecule has 0 radical (unpaired) electrons. The standard InChI is InChI=1S/C22H21Cl2N5O3/c23-17-6-4-15(5-7-17)21-26-19(32-27-21)14-28-8-10-29(11-9-28)20(30)13-25-22(31)16-2-1-3-18(24)12-16/h1-7,12H,8-11,13-14H2,(H,25,31). The molecule has 0 unspecified atom stereocenters. The number of piperazine rings is 1. The number of hydrogen-bond acceptors (Lipinski definition) is 6. The predicted octanol–water partition coefficient (Wildman–Crippen LogP) is 3.12. The third-order valence-corrected chi connectivity index (χ3v) is 5.63. The van der Waals surface area contributed by atoms with Gasteiger partial charge in [-0.3, -0.25) is 14.5 Å². The van der Waals surface area contributed by atoms with E-state index in [-0.39, 0.29) is 18.4 Å². The second-order valence-corrected chi connectivity index (χ2v) is 8.24. The molecule has 32 heavy (non-hydrogen) atoms. The molecule has 0 aliphatic carbocycles. The summed E-state index contributed by atoms with van der Waals surface area (Å²) in [5, 5.41) is 7.80. The third-order valence-electron chi connectivity index (χ3n) is 5.14. The van der Waals surface area contributed by atoms with Crippen molar-refractivity contribution >= 4 is 35.0 Å². The fraction of sp³-hybridized carbons (Fsp3) is 0.273. The van der Waals surface area contributed by atoms with E-state index in [2.05, 4.69) is 20.4 Å². The molecular formula is C22H21Cl2N5O3. The molecule has 4 rings (SSSR count). The number of nitrogens with one attached hydrogen (secondary N) is 1. The Balaban J connectivity index is 1.23. The van der Waals surface area contributed by atoms with Crippen LogP contribution in [-0.2, 0) is 11.3 Å². The Morgan fingerprint density at radius 3 is 2.47 bits per heavy atom. The van der Waals surface area contributed by atoms with Crippen LogP contribution in [0, 0.1) is 0 Å². The van der Waals surface area contributed by atoms with Gasteiger partial charge in [-0.1, -0.05) is 34.4 Å². The summed E-state index contributed by atoms with van der Waals surface area (Å²) in [5.41, 5.74) is 1.26. The van der Waals surface area contributed by atoms with Crippen LogP contribution >= 0.6 is 23.2 Å². The molecule has 1 aliphatic heterocycles. The second-order valence-electron chi connectivity index (χ2n) is 7.37. The van der Waals surface area contributed by atoms with Gasteiger partial charge in [-0.05, 0) is 42.5 Å². The molecule has 0 spiro atoms. The molecule has 0 atom stereocenters. The average molecular weight is 474 g/mol. The van der Waals surface area contributed by atoms with E-state index in [0.29, 0.717) is 60.0 Å². The van der Waals surface area contributed by atoms with Crippen molar-refractivity contribution in [2.45, 2.75) is 6.54 Å². The Hall–Kier alpha value is -2.94. The van der Waals surface area contributed by atoms with Gasteiger partial charge < -0.3 is 14.7 Å². The lowest BCUT2D eigenvalue weighted by Crippen LogP contribution is -2.50. The maximum atomic E-state index is 12.5. The molecule has 0 saturated carbocycles. The highest BCUT2D eigenvalue weighted by atomic mass is 35.5. The van der Waals surface area contributed by atoms with E-state index >= 15 is 0 Å². The van der Waals surface area contributed by atoms with Gasteiger partial charge in [-0.15, -0.1) is 0 Å².